The largest absolute Gasteiger partial charge is 0.494 e. The summed E-state index contributed by atoms with van der Waals surface area (Å²) in [6, 6.07) is 12.9. The summed E-state index contributed by atoms with van der Waals surface area (Å²) < 4.78 is 11.7. The Morgan fingerprint density at radius 3 is 2.59 bits per heavy atom. The number of para-hydroxylation sites is 1. The van der Waals surface area contributed by atoms with Gasteiger partial charge in [0.2, 0.25) is 5.43 Å². The van der Waals surface area contributed by atoms with E-state index in [-0.39, 0.29) is 5.43 Å². The SMILES string of the molecule is CC1CCN(CCCCCCOc2ccc3oc4ccccc4c(=O)c3c2)CC1. The molecule has 1 saturated heterocycles. The highest BCUT2D eigenvalue weighted by molar-refractivity contribution is 5.90. The average Bonchev–Trinajstić information content (AvgIpc) is 2.75. The highest BCUT2D eigenvalue weighted by Gasteiger charge is 2.14. The van der Waals surface area contributed by atoms with Crippen LogP contribution in [0.1, 0.15) is 45.4 Å². The van der Waals surface area contributed by atoms with E-state index in [1.807, 2.05) is 36.4 Å². The molecule has 2 aromatic carbocycles. The van der Waals surface area contributed by atoms with Crippen molar-refractivity contribution in [3.8, 4) is 5.75 Å². The molecule has 1 aliphatic heterocycles. The maximum atomic E-state index is 12.7. The lowest BCUT2D eigenvalue weighted by Crippen LogP contribution is -2.33. The smallest absolute Gasteiger partial charge is 0.200 e. The first-order chi connectivity index (χ1) is 14.2. The van der Waals surface area contributed by atoms with E-state index in [0.29, 0.717) is 28.5 Å². The maximum absolute atomic E-state index is 12.7. The van der Waals surface area contributed by atoms with Gasteiger partial charge in [-0.1, -0.05) is 31.9 Å². The molecule has 0 bridgehead atoms. The summed E-state index contributed by atoms with van der Waals surface area (Å²) in [5, 5.41) is 1.19. The molecule has 4 rings (SSSR count). The monoisotopic (exact) mass is 393 g/mol. The molecule has 1 fully saturated rings. The fourth-order valence-corrected chi connectivity index (χ4v) is 4.14. The zero-order valence-electron chi connectivity index (χ0n) is 17.4. The second kappa shape index (κ2) is 9.45. The van der Waals surface area contributed by atoms with Gasteiger partial charge >= 0.3 is 0 Å². The topological polar surface area (TPSA) is 42.7 Å². The van der Waals surface area contributed by atoms with Gasteiger partial charge in [0.25, 0.3) is 0 Å². The molecule has 1 aromatic heterocycles. The number of fused-ring (bicyclic) bond motifs is 2. The van der Waals surface area contributed by atoms with Gasteiger partial charge < -0.3 is 14.1 Å². The van der Waals surface area contributed by atoms with Crippen molar-refractivity contribution in [1.29, 1.82) is 0 Å². The molecule has 4 nitrogen and oxygen atoms in total. The normalized spacial score (nSPS) is 15.9. The van der Waals surface area contributed by atoms with Gasteiger partial charge in [-0.25, -0.2) is 0 Å². The molecule has 0 amide bonds. The van der Waals surface area contributed by atoms with E-state index in [4.69, 9.17) is 9.15 Å². The highest BCUT2D eigenvalue weighted by atomic mass is 16.5. The van der Waals surface area contributed by atoms with E-state index in [1.54, 1.807) is 6.07 Å². The summed E-state index contributed by atoms with van der Waals surface area (Å²) in [5.41, 5.74) is 1.23. The van der Waals surface area contributed by atoms with Crippen molar-refractivity contribution in [2.45, 2.75) is 45.4 Å². The van der Waals surface area contributed by atoms with Crippen molar-refractivity contribution in [2.75, 3.05) is 26.2 Å². The van der Waals surface area contributed by atoms with E-state index >= 15 is 0 Å². The second-order valence-electron chi connectivity index (χ2n) is 8.37. The van der Waals surface area contributed by atoms with Gasteiger partial charge in [-0.05, 0) is 81.6 Å². The van der Waals surface area contributed by atoms with Gasteiger partial charge in [-0.15, -0.1) is 0 Å². The van der Waals surface area contributed by atoms with Crippen molar-refractivity contribution in [3.05, 3.63) is 52.7 Å². The quantitative estimate of drug-likeness (QED) is 0.368. The summed E-state index contributed by atoms with van der Waals surface area (Å²) in [6.07, 6.45) is 7.47. The first-order valence-corrected chi connectivity index (χ1v) is 11.0. The van der Waals surface area contributed by atoms with E-state index in [2.05, 4.69) is 11.8 Å². The van der Waals surface area contributed by atoms with Crippen molar-refractivity contribution in [1.82, 2.24) is 4.90 Å². The first-order valence-electron chi connectivity index (χ1n) is 11.0. The van der Waals surface area contributed by atoms with Gasteiger partial charge in [0.05, 0.1) is 17.4 Å². The number of hydrogen-bond donors (Lipinski definition) is 0. The Morgan fingerprint density at radius 1 is 0.966 bits per heavy atom. The van der Waals surface area contributed by atoms with Crippen LogP contribution in [0.2, 0.25) is 0 Å². The first kappa shape index (κ1) is 20.0. The van der Waals surface area contributed by atoms with Crippen molar-refractivity contribution < 1.29 is 9.15 Å². The lowest BCUT2D eigenvalue weighted by Gasteiger charge is -2.30. The fourth-order valence-electron chi connectivity index (χ4n) is 4.14. The molecule has 1 aliphatic rings. The molecule has 0 N–H and O–H groups in total. The number of likely N-dealkylation sites (tertiary alicyclic amines) is 1. The lowest BCUT2D eigenvalue weighted by molar-refractivity contribution is 0.188. The number of unbranched alkanes of at least 4 members (excludes halogenated alkanes) is 3. The number of hydrogen-bond acceptors (Lipinski definition) is 4. The number of piperidine rings is 1. The number of ether oxygens (including phenoxy) is 1. The van der Waals surface area contributed by atoms with Crippen LogP contribution in [0, 0.1) is 5.92 Å². The predicted octanol–water partition coefficient (Wildman–Crippen LogP) is 5.62. The Balaban J connectivity index is 1.23. The molecule has 29 heavy (non-hydrogen) atoms. The standard InChI is InChI=1S/C25H31NO3/c1-19-12-15-26(16-13-19)14-6-2-3-7-17-28-20-10-11-24-22(18-20)25(27)21-8-4-5-9-23(21)29-24/h4-5,8-11,18-19H,2-3,6-7,12-17H2,1H3. The Morgan fingerprint density at radius 2 is 1.72 bits per heavy atom. The average molecular weight is 394 g/mol. The molecule has 4 heteroatoms. The predicted molar refractivity (Wildman–Crippen MR) is 119 cm³/mol. The number of rotatable bonds is 8. The molecule has 0 unspecified atom stereocenters. The summed E-state index contributed by atoms with van der Waals surface area (Å²) in [6.45, 7) is 6.83. The van der Waals surface area contributed by atoms with Gasteiger partial charge in [0, 0.05) is 0 Å². The Bertz CT molecular complexity index is 1000. The van der Waals surface area contributed by atoms with E-state index in [1.165, 1.54) is 51.7 Å². The molecule has 0 saturated carbocycles. The third kappa shape index (κ3) is 4.99. The number of benzene rings is 2. The van der Waals surface area contributed by atoms with Gasteiger partial charge in [0.15, 0.2) is 0 Å². The van der Waals surface area contributed by atoms with E-state index in [0.717, 1.165) is 18.1 Å². The van der Waals surface area contributed by atoms with E-state index < -0.39 is 0 Å². The van der Waals surface area contributed by atoms with Crippen LogP contribution in [0.5, 0.6) is 5.75 Å². The van der Waals surface area contributed by atoms with Crippen LogP contribution in [-0.2, 0) is 0 Å². The summed E-state index contributed by atoms with van der Waals surface area (Å²) in [5.74, 6) is 1.64. The van der Waals surface area contributed by atoms with Gasteiger partial charge in [-0.2, -0.15) is 0 Å². The maximum Gasteiger partial charge on any atom is 0.200 e. The van der Waals surface area contributed by atoms with Crippen LogP contribution < -0.4 is 10.2 Å². The van der Waals surface area contributed by atoms with Crippen molar-refractivity contribution >= 4 is 21.9 Å². The molecular weight excluding hydrogens is 362 g/mol. The molecule has 0 atom stereocenters. The van der Waals surface area contributed by atoms with Gasteiger partial charge in [0.1, 0.15) is 16.9 Å². The van der Waals surface area contributed by atoms with Crippen LogP contribution >= 0.6 is 0 Å². The fraction of sp³-hybridized carbons (Fsp3) is 0.480. The number of nitrogens with zero attached hydrogens (tertiary/aromatic N) is 1. The van der Waals surface area contributed by atoms with E-state index in [9.17, 15) is 4.79 Å². The van der Waals surface area contributed by atoms with Crippen LogP contribution in [-0.4, -0.2) is 31.1 Å². The minimum absolute atomic E-state index is 0.000550. The highest BCUT2D eigenvalue weighted by Crippen LogP contribution is 2.23. The molecule has 0 spiro atoms. The summed E-state index contributed by atoms with van der Waals surface area (Å²) >= 11 is 0. The van der Waals surface area contributed by atoms with Crippen LogP contribution in [0.25, 0.3) is 21.9 Å². The zero-order chi connectivity index (χ0) is 20.1. The summed E-state index contributed by atoms with van der Waals surface area (Å²) in [7, 11) is 0. The molecule has 0 radical (unpaired) electrons. The molecule has 154 valence electrons. The summed E-state index contributed by atoms with van der Waals surface area (Å²) in [4.78, 5) is 15.3. The van der Waals surface area contributed by atoms with Gasteiger partial charge in [-0.3, -0.25) is 4.79 Å². The molecular formula is C25H31NO3. The Hall–Kier alpha value is -2.33. The van der Waals surface area contributed by atoms with Crippen molar-refractivity contribution in [3.63, 3.8) is 0 Å². The van der Waals surface area contributed by atoms with Crippen molar-refractivity contribution in [2.24, 2.45) is 5.92 Å². The molecule has 3 aromatic rings. The Labute approximate surface area is 172 Å². The second-order valence-corrected chi connectivity index (χ2v) is 8.37. The molecule has 2 heterocycles. The third-order valence-corrected chi connectivity index (χ3v) is 6.06. The van der Waals surface area contributed by atoms with Crippen LogP contribution in [0.3, 0.4) is 0 Å². The zero-order valence-corrected chi connectivity index (χ0v) is 17.4. The lowest BCUT2D eigenvalue weighted by atomic mass is 9.99. The minimum Gasteiger partial charge on any atom is -0.494 e. The third-order valence-electron chi connectivity index (χ3n) is 6.06. The minimum atomic E-state index is -0.000550. The Kier molecular flexibility index (Phi) is 6.50. The van der Waals surface area contributed by atoms with Crippen LogP contribution in [0.15, 0.2) is 51.7 Å². The molecule has 0 aliphatic carbocycles. The van der Waals surface area contributed by atoms with Crippen LogP contribution in [0.4, 0.5) is 0 Å².